The minimum atomic E-state index is -1.47. The number of ether oxygens (including phenoxy) is 2. The Morgan fingerprint density at radius 3 is 2.35 bits per heavy atom. The Balaban J connectivity index is 1.78. The zero-order valence-corrected chi connectivity index (χ0v) is 15.0. The van der Waals surface area contributed by atoms with Gasteiger partial charge in [0, 0.05) is 4.90 Å². The predicted octanol–water partition coefficient (Wildman–Crippen LogP) is 1.32. The van der Waals surface area contributed by atoms with Gasteiger partial charge in [-0.25, -0.2) is 0 Å². The van der Waals surface area contributed by atoms with Crippen molar-refractivity contribution in [3.05, 3.63) is 54.1 Å². The normalized spacial score (nSPS) is 28.7. The van der Waals surface area contributed by atoms with Crippen LogP contribution in [0.15, 0.2) is 58.3 Å². The number of aliphatic hydroxyl groups excluding tert-OH is 4. The van der Waals surface area contributed by atoms with E-state index in [1.165, 1.54) is 17.3 Å². The molecule has 3 rings (SSSR count). The fraction of sp³-hybridized carbons (Fsp3) is 0.368. The Labute approximate surface area is 156 Å². The van der Waals surface area contributed by atoms with Crippen LogP contribution in [0.5, 0.6) is 5.75 Å². The molecule has 0 saturated carbocycles. The monoisotopic (exact) mass is 378 g/mol. The molecule has 0 unspecified atom stereocenters. The molecule has 26 heavy (non-hydrogen) atoms. The van der Waals surface area contributed by atoms with Gasteiger partial charge in [0.15, 0.2) is 0 Å². The second-order valence-corrected chi connectivity index (χ2v) is 7.29. The maximum atomic E-state index is 10.1. The minimum Gasteiger partial charge on any atom is -0.461 e. The average Bonchev–Trinajstić information content (AvgIpc) is 2.65. The van der Waals surface area contributed by atoms with E-state index in [9.17, 15) is 20.4 Å². The van der Waals surface area contributed by atoms with Gasteiger partial charge in [-0.05, 0) is 31.2 Å². The first-order chi connectivity index (χ1) is 12.5. The highest BCUT2D eigenvalue weighted by Crippen LogP contribution is 2.36. The van der Waals surface area contributed by atoms with Crippen molar-refractivity contribution in [3.8, 4) is 5.75 Å². The van der Waals surface area contributed by atoms with Crippen molar-refractivity contribution in [2.45, 2.75) is 47.4 Å². The van der Waals surface area contributed by atoms with Crippen LogP contribution in [0.25, 0.3) is 0 Å². The van der Waals surface area contributed by atoms with Gasteiger partial charge < -0.3 is 29.9 Å². The van der Waals surface area contributed by atoms with Gasteiger partial charge >= 0.3 is 0 Å². The van der Waals surface area contributed by atoms with Crippen molar-refractivity contribution in [2.24, 2.45) is 0 Å². The number of rotatable bonds is 5. The molecule has 0 spiro atoms. The number of hydrogen-bond donors (Lipinski definition) is 4. The molecule has 5 atom stereocenters. The van der Waals surface area contributed by atoms with E-state index in [-0.39, 0.29) is 0 Å². The van der Waals surface area contributed by atoms with Crippen molar-refractivity contribution in [2.75, 3.05) is 6.61 Å². The molecule has 2 aromatic rings. The van der Waals surface area contributed by atoms with E-state index >= 15 is 0 Å². The topological polar surface area (TPSA) is 99.4 Å². The Morgan fingerprint density at radius 1 is 0.962 bits per heavy atom. The molecular weight excluding hydrogens is 356 g/mol. The van der Waals surface area contributed by atoms with Gasteiger partial charge in [0.1, 0.15) is 30.2 Å². The summed E-state index contributed by atoms with van der Waals surface area (Å²) in [4.78, 5) is 1.84. The Bertz CT molecular complexity index is 720. The number of hydrogen-bond acceptors (Lipinski definition) is 7. The summed E-state index contributed by atoms with van der Waals surface area (Å²) in [5, 5.41) is 39.2. The van der Waals surface area contributed by atoms with Gasteiger partial charge in [-0.1, -0.05) is 41.6 Å². The molecule has 6 nitrogen and oxygen atoms in total. The van der Waals surface area contributed by atoms with Crippen molar-refractivity contribution in [1.29, 1.82) is 0 Å². The zero-order valence-electron chi connectivity index (χ0n) is 14.2. The molecule has 1 aliphatic heterocycles. The van der Waals surface area contributed by atoms with Crippen LogP contribution < -0.4 is 4.74 Å². The van der Waals surface area contributed by atoms with Crippen molar-refractivity contribution >= 4 is 11.8 Å². The van der Waals surface area contributed by atoms with Crippen molar-refractivity contribution in [1.82, 2.24) is 0 Å². The van der Waals surface area contributed by atoms with Crippen molar-refractivity contribution < 1.29 is 29.9 Å². The van der Waals surface area contributed by atoms with Crippen LogP contribution in [0.1, 0.15) is 5.56 Å². The third-order valence-corrected chi connectivity index (χ3v) is 5.25. The van der Waals surface area contributed by atoms with Crippen LogP contribution in [0.2, 0.25) is 0 Å². The van der Waals surface area contributed by atoms with E-state index in [2.05, 4.69) is 0 Å². The maximum Gasteiger partial charge on any atom is 0.229 e. The number of benzene rings is 2. The van der Waals surface area contributed by atoms with E-state index in [0.29, 0.717) is 5.75 Å². The van der Waals surface area contributed by atoms with Crippen molar-refractivity contribution in [3.63, 3.8) is 0 Å². The molecular formula is C19H22O6S. The number of aliphatic hydroxyl groups is 4. The van der Waals surface area contributed by atoms with Crippen LogP contribution in [0.4, 0.5) is 0 Å². The third-order valence-electron chi connectivity index (χ3n) is 4.19. The van der Waals surface area contributed by atoms with Gasteiger partial charge in [-0.3, -0.25) is 0 Å². The average molecular weight is 378 g/mol. The first-order valence-electron chi connectivity index (χ1n) is 8.30. The summed E-state index contributed by atoms with van der Waals surface area (Å²) in [5.74, 6) is 0.474. The Kier molecular flexibility index (Phi) is 6.18. The van der Waals surface area contributed by atoms with Crippen LogP contribution in [0, 0.1) is 6.92 Å². The predicted molar refractivity (Wildman–Crippen MR) is 96.1 cm³/mol. The summed E-state index contributed by atoms with van der Waals surface area (Å²) in [6, 6.07) is 15.3. The molecule has 7 heteroatoms. The molecule has 0 radical (unpaired) electrons. The molecule has 140 valence electrons. The number of aryl methyl sites for hydroxylation is 1. The van der Waals surface area contributed by atoms with E-state index in [1.54, 1.807) is 12.1 Å². The smallest absolute Gasteiger partial charge is 0.229 e. The van der Waals surface area contributed by atoms with Gasteiger partial charge in [0.05, 0.1) is 11.5 Å². The molecule has 1 fully saturated rings. The molecule has 0 bridgehead atoms. The van der Waals surface area contributed by atoms with E-state index in [1.807, 2.05) is 43.3 Å². The first-order valence-corrected chi connectivity index (χ1v) is 9.12. The fourth-order valence-electron chi connectivity index (χ4n) is 2.65. The molecule has 0 aliphatic carbocycles. The molecule has 1 aliphatic rings. The lowest BCUT2D eigenvalue weighted by Gasteiger charge is -2.39. The van der Waals surface area contributed by atoms with E-state index in [4.69, 9.17) is 9.47 Å². The van der Waals surface area contributed by atoms with Crippen LogP contribution in [-0.4, -0.2) is 57.7 Å². The number of para-hydroxylation sites is 1. The molecule has 1 heterocycles. The fourth-order valence-corrected chi connectivity index (χ4v) is 3.54. The largest absolute Gasteiger partial charge is 0.461 e. The molecule has 0 aromatic heterocycles. The van der Waals surface area contributed by atoms with Gasteiger partial charge in [0.25, 0.3) is 0 Å². The summed E-state index contributed by atoms with van der Waals surface area (Å²) >= 11 is 1.50. The SMILES string of the molecule is Cc1ccc(Sc2ccccc2O[C@@H]2O[C@H](CO)[C@@H](O)[C@H](O)[C@H]2O)cc1. The summed E-state index contributed by atoms with van der Waals surface area (Å²) in [7, 11) is 0. The van der Waals surface area contributed by atoms with Crippen LogP contribution in [0.3, 0.4) is 0 Å². The van der Waals surface area contributed by atoms with Gasteiger partial charge in [0.2, 0.25) is 6.29 Å². The quantitative estimate of drug-likeness (QED) is 0.623. The summed E-state index contributed by atoms with van der Waals surface area (Å²) in [6.45, 7) is 1.52. The molecule has 4 N–H and O–H groups in total. The Morgan fingerprint density at radius 2 is 1.65 bits per heavy atom. The third kappa shape index (κ3) is 4.20. The standard InChI is InChI=1S/C19H22O6S/c1-11-6-8-12(9-7-11)26-15-5-3-2-4-13(15)24-19-18(23)17(22)16(21)14(10-20)25-19/h2-9,14,16-23H,10H2,1H3/t14-,16-,17+,18-,19-/m1/s1. The lowest BCUT2D eigenvalue weighted by Crippen LogP contribution is -2.60. The lowest BCUT2D eigenvalue weighted by molar-refractivity contribution is -0.277. The van der Waals surface area contributed by atoms with Gasteiger partial charge in [-0.15, -0.1) is 0 Å². The second kappa shape index (κ2) is 8.39. The summed E-state index contributed by atoms with van der Waals surface area (Å²) in [5.41, 5.74) is 1.17. The maximum absolute atomic E-state index is 10.1. The molecule has 1 saturated heterocycles. The van der Waals surface area contributed by atoms with E-state index in [0.717, 1.165) is 9.79 Å². The second-order valence-electron chi connectivity index (χ2n) is 6.18. The molecule has 2 aromatic carbocycles. The highest BCUT2D eigenvalue weighted by atomic mass is 32.2. The summed E-state index contributed by atoms with van der Waals surface area (Å²) < 4.78 is 11.2. The van der Waals surface area contributed by atoms with Crippen LogP contribution in [-0.2, 0) is 4.74 Å². The zero-order chi connectivity index (χ0) is 18.7. The van der Waals surface area contributed by atoms with Gasteiger partial charge in [-0.2, -0.15) is 0 Å². The van der Waals surface area contributed by atoms with Crippen LogP contribution >= 0.6 is 11.8 Å². The highest BCUT2D eigenvalue weighted by molar-refractivity contribution is 7.99. The Hall–Kier alpha value is -1.61. The molecule has 0 amide bonds. The minimum absolute atomic E-state index is 0.474. The van der Waals surface area contributed by atoms with E-state index < -0.39 is 37.3 Å². The lowest BCUT2D eigenvalue weighted by atomic mass is 9.99. The summed E-state index contributed by atoms with van der Waals surface area (Å²) in [6.07, 6.45) is -6.53. The highest BCUT2D eigenvalue weighted by Gasteiger charge is 2.44. The first kappa shape index (κ1) is 19.2.